The molecule has 2 N–H and O–H groups in total. The Balaban J connectivity index is 1.36. The van der Waals surface area contributed by atoms with E-state index in [-0.39, 0.29) is 23.1 Å². The molecule has 0 atom stereocenters. The summed E-state index contributed by atoms with van der Waals surface area (Å²) in [6.45, 7) is 5.43. The Labute approximate surface area is 217 Å². The highest BCUT2D eigenvalue weighted by atomic mass is 32.2. The summed E-state index contributed by atoms with van der Waals surface area (Å²) in [6.07, 6.45) is 2.05. The first-order valence-corrected chi connectivity index (χ1v) is 13.5. The number of phenolic OH excluding ortho intramolecular Hbond substituents is 1. The molecule has 0 saturated heterocycles. The first-order valence-electron chi connectivity index (χ1n) is 12.0. The number of sulfonamides is 1. The van der Waals surface area contributed by atoms with Crippen LogP contribution in [0.3, 0.4) is 0 Å². The molecule has 0 radical (unpaired) electrons. The van der Waals surface area contributed by atoms with Gasteiger partial charge in [-0.15, -0.1) is 0 Å². The van der Waals surface area contributed by atoms with Crippen molar-refractivity contribution >= 4 is 21.8 Å². The molecular formula is C27H32N4O5S. The molecule has 0 fully saturated rings. The second-order valence-corrected chi connectivity index (χ2v) is 11.3. The van der Waals surface area contributed by atoms with Gasteiger partial charge in [-0.25, -0.2) is 8.42 Å². The molecule has 1 aliphatic heterocycles. The monoisotopic (exact) mass is 524 g/mol. The smallest absolute Gasteiger partial charge is 0.256 e. The molecule has 10 heteroatoms. The first kappa shape index (κ1) is 26.4. The zero-order valence-corrected chi connectivity index (χ0v) is 22.3. The van der Waals surface area contributed by atoms with Crippen molar-refractivity contribution < 1.29 is 22.7 Å². The summed E-state index contributed by atoms with van der Waals surface area (Å²) in [5.41, 5.74) is 3.45. The average Bonchev–Trinajstić information content (AvgIpc) is 3.54. The van der Waals surface area contributed by atoms with Crippen LogP contribution >= 0.6 is 0 Å². The average molecular weight is 525 g/mol. The van der Waals surface area contributed by atoms with E-state index in [1.807, 2.05) is 24.3 Å². The molecule has 0 bridgehead atoms. The summed E-state index contributed by atoms with van der Waals surface area (Å²) >= 11 is 0. The summed E-state index contributed by atoms with van der Waals surface area (Å²) in [6, 6.07) is 12.6. The van der Waals surface area contributed by atoms with E-state index in [4.69, 9.17) is 4.42 Å². The van der Waals surface area contributed by atoms with Gasteiger partial charge in [0.25, 0.3) is 5.91 Å². The molecule has 1 amide bonds. The van der Waals surface area contributed by atoms with E-state index in [1.165, 1.54) is 29.7 Å². The van der Waals surface area contributed by atoms with Crippen LogP contribution in [0.1, 0.15) is 38.4 Å². The highest BCUT2D eigenvalue weighted by molar-refractivity contribution is 7.89. The van der Waals surface area contributed by atoms with E-state index in [1.54, 1.807) is 31.9 Å². The number of benzene rings is 2. The lowest BCUT2D eigenvalue weighted by atomic mass is 10.1. The number of aliphatic imine (C=N–C) groups is 1. The predicted molar refractivity (Wildman–Crippen MR) is 141 cm³/mol. The lowest BCUT2D eigenvalue weighted by molar-refractivity contribution is 0.0796. The van der Waals surface area contributed by atoms with Crippen LogP contribution in [-0.4, -0.2) is 68.2 Å². The molecule has 0 saturated carbocycles. The van der Waals surface area contributed by atoms with Gasteiger partial charge >= 0.3 is 0 Å². The van der Waals surface area contributed by atoms with Crippen LogP contribution in [0, 0.1) is 13.8 Å². The molecule has 0 unspecified atom stereocenters. The van der Waals surface area contributed by atoms with Gasteiger partial charge in [-0.3, -0.25) is 9.79 Å². The molecule has 1 aliphatic rings. The van der Waals surface area contributed by atoms with E-state index in [0.717, 1.165) is 30.1 Å². The van der Waals surface area contributed by atoms with Crippen LogP contribution in [0.15, 0.2) is 63.0 Å². The minimum absolute atomic E-state index is 0.0169. The van der Waals surface area contributed by atoms with Gasteiger partial charge in [-0.05, 0) is 55.2 Å². The lowest BCUT2D eigenvalue weighted by Gasteiger charge is -2.19. The van der Waals surface area contributed by atoms with Gasteiger partial charge in [0.05, 0.1) is 23.5 Å². The van der Waals surface area contributed by atoms with Gasteiger partial charge in [-0.2, -0.15) is 4.31 Å². The highest BCUT2D eigenvalue weighted by Crippen LogP contribution is 2.28. The number of hydrogen-bond donors (Lipinski definition) is 2. The molecular weight excluding hydrogens is 492 g/mol. The molecule has 3 aromatic rings. The number of furan rings is 1. The fourth-order valence-electron chi connectivity index (χ4n) is 4.41. The zero-order valence-electron chi connectivity index (χ0n) is 21.5. The minimum atomic E-state index is -3.83. The van der Waals surface area contributed by atoms with E-state index in [0.29, 0.717) is 35.4 Å². The number of aromatic hydroxyl groups is 1. The summed E-state index contributed by atoms with van der Waals surface area (Å²) in [7, 11) is -0.649. The largest absolute Gasteiger partial charge is 0.508 e. The van der Waals surface area contributed by atoms with Gasteiger partial charge < -0.3 is 19.7 Å². The van der Waals surface area contributed by atoms with Gasteiger partial charge in [0.15, 0.2) is 0 Å². The Kier molecular flexibility index (Phi) is 7.70. The second kappa shape index (κ2) is 10.8. The SMILES string of the molecule is Cc1cc(O)cc(C)c1S(=O)(=O)N(C)Cc1cc(C(=O)N(C)CCc2ccc(C3=NCCN3)cc2)co1. The van der Waals surface area contributed by atoms with E-state index >= 15 is 0 Å². The number of rotatable bonds is 9. The van der Waals surface area contributed by atoms with Crippen LogP contribution in [0.2, 0.25) is 0 Å². The number of aryl methyl sites for hydroxylation is 2. The van der Waals surface area contributed by atoms with Crippen LogP contribution < -0.4 is 5.32 Å². The van der Waals surface area contributed by atoms with E-state index in [9.17, 15) is 18.3 Å². The van der Waals surface area contributed by atoms with Crippen molar-refractivity contribution in [2.75, 3.05) is 33.7 Å². The number of amides is 1. The third-order valence-electron chi connectivity index (χ3n) is 6.38. The summed E-state index contributed by atoms with van der Waals surface area (Å²) in [5, 5.41) is 13.0. The Bertz CT molecular complexity index is 1400. The van der Waals surface area contributed by atoms with Crippen LogP contribution in [0.5, 0.6) is 5.75 Å². The van der Waals surface area contributed by atoms with Gasteiger partial charge in [-0.1, -0.05) is 24.3 Å². The molecule has 2 aromatic carbocycles. The van der Waals surface area contributed by atoms with Crippen molar-refractivity contribution in [1.29, 1.82) is 0 Å². The fourth-order valence-corrected chi connectivity index (χ4v) is 5.95. The van der Waals surface area contributed by atoms with Crippen molar-refractivity contribution in [1.82, 2.24) is 14.5 Å². The Hall–Kier alpha value is -3.63. The number of hydrogen-bond acceptors (Lipinski definition) is 7. The van der Waals surface area contributed by atoms with Gasteiger partial charge in [0, 0.05) is 32.7 Å². The number of likely N-dealkylation sites (N-methyl/N-ethyl adjacent to an activating group) is 1. The van der Waals surface area contributed by atoms with E-state index in [2.05, 4.69) is 10.3 Å². The number of carbonyl (C=O) groups is 1. The van der Waals surface area contributed by atoms with Crippen molar-refractivity contribution in [2.45, 2.75) is 31.7 Å². The van der Waals surface area contributed by atoms with Crippen molar-refractivity contribution in [3.8, 4) is 5.75 Å². The molecule has 0 spiro atoms. The molecule has 0 aliphatic carbocycles. The quantitative estimate of drug-likeness (QED) is 0.445. The Morgan fingerprint density at radius 1 is 1.11 bits per heavy atom. The summed E-state index contributed by atoms with van der Waals surface area (Å²) < 4.78 is 33.0. The molecule has 37 heavy (non-hydrogen) atoms. The standard InChI is InChI=1S/C27H32N4O5S/c1-18-13-23(32)14-19(2)25(18)37(34,35)31(4)16-24-15-22(17-36-24)27(33)30(3)12-9-20-5-7-21(8-6-20)26-28-10-11-29-26/h5-8,13-15,17,32H,9-12,16H2,1-4H3,(H,28,29). The van der Waals surface area contributed by atoms with Crippen molar-refractivity contribution in [2.24, 2.45) is 4.99 Å². The molecule has 2 heterocycles. The summed E-state index contributed by atoms with van der Waals surface area (Å²) in [4.78, 5) is 19.1. The maximum Gasteiger partial charge on any atom is 0.256 e. The molecule has 1 aromatic heterocycles. The molecule has 196 valence electrons. The first-order chi connectivity index (χ1) is 17.6. The van der Waals surface area contributed by atoms with Gasteiger partial charge in [0.1, 0.15) is 23.6 Å². The number of nitrogens with zero attached hydrogens (tertiary/aromatic N) is 3. The van der Waals surface area contributed by atoms with Crippen LogP contribution in [0.25, 0.3) is 0 Å². The topological polar surface area (TPSA) is 115 Å². The third-order valence-corrected chi connectivity index (χ3v) is 8.49. The molecule has 9 nitrogen and oxygen atoms in total. The number of carbonyl (C=O) groups excluding carboxylic acids is 1. The number of amidine groups is 1. The third kappa shape index (κ3) is 5.86. The van der Waals surface area contributed by atoms with Crippen LogP contribution in [0.4, 0.5) is 0 Å². The maximum atomic E-state index is 13.2. The van der Waals surface area contributed by atoms with Crippen LogP contribution in [-0.2, 0) is 23.0 Å². The fraction of sp³-hybridized carbons (Fsp3) is 0.333. The normalized spacial score (nSPS) is 13.5. The Morgan fingerprint density at radius 3 is 2.41 bits per heavy atom. The molecule has 4 rings (SSSR count). The van der Waals surface area contributed by atoms with E-state index < -0.39 is 10.0 Å². The van der Waals surface area contributed by atoms with Crippen molar-refractivity contribution in [3.05, 3.63) is 82.3 Å². The zero-order chi connectivity index (χ0) is 26.7. The van der Waals surface area contributed by atoms with Crippen molar-refractivity contribution in [3.63, 3.8) is 0 Å². The maximum absolute atomic E-state index is 13.2. The minimum Gasteiger partial charge on any atom is -0.508 e. The lowest BCUT2D eigenvalue weighted by Crippen LogP contribution is -2.29. The number of nitrogens with one attached hydrogen (secondary N) is 1. The highest BCUT2D eigenvalue weighted by Gasteiger charge is 2.27. The number of phenols is 1. The summed E-state index contributed by atoms with van der Waals surface area (Å²) in [5.74, 6) is 1.09. The Morgan fingerprint density at radius 2 is 1.78 bits per heavy atom. The predicted octanol–water partition coefficient (Wildman–Crippen LogP) is 3.09. The second-order valence-electron chi connectivity index (χ2n) is 9.30. The van der Waals surface area contributed by atoms with Gasteiger partial charge in [0.2, 0.25) is 10.0 Å².